The molecule has 5 N–H and O–H groups in total. The van der Waals surface area contributed by atoms with Crippen molar-refractivity contribution in [3.63, 3.8) is 0 Å². The summed E-state index contributed by atoms with van der Waals surface area (Å²) in [6.45, 7) is -0.808. The molecule has 0 amide bonds. The lowest BCUT2D eigenvalue weighted by Crippen LogP contribution is -2.15. The largest absolute Gasteiger partial charge is 0.506 e. The monoisotopic (exact) mass is 481 g/mol. The lowest BCUT2D eigenvalue weighted by atomic mass is 10.2. The minimum atomic E-state index is -4.78. The van der Waals surface area contributed by atoms with Crippen molar-refractivity contribution in [2.24, 2.45) is 10.2 Å². The number of anilines is 1. The first kappa shape index (κ1) is 24.0. The first-order valence-electron chi connectivity index (χ1n) is 7.65. The van der Waals surface area contributed by atoms with Gasteiger partial charge in [0.1, 0.15) is 17.1 Å². The summed E-state index contributed by atoms with van der Waals surface area (Å²) >= 11 is 0.407. The highest BCUT2D eigenvalue weighted by atomic mass is 32.3. The van der Waals surface area contributed by atoms with Gasteiger partial charge in [0.2, 0.25) is 0 Å². The van der Waals surface area contributed by atoms with Crippen molar-refractivity contribution in [3.8, 4) is 5.75 Å². The maximum atomic E-state index is 12.3. The molecule has 0 fully saturated rings. The van der Waals surface area contributed by atoms with Crippen LogP contribution in [-0.4, -0.2) is 44.1 Å². The fraction of sp³-hybridized carbons (Fsp3) is 0.143. The van der Waals surface area contributed by atoms with Gasteiger partial charge in [-0.2, -0.15) is 8.42 Å². The van der Waals surface area contributed by atoms with E-state index in [2.05, 4.69) is 23.8 Å². The molecule has 2 aromatic rings. The first-order valence-corrected chi connectivity index (χ1v) is 11.4. The van der Waals surface area contributed by atoms with Crippen molar-refractivity contribution in [1.82, 2.24) is 0 Å². The molecule has 0 spiro atoms. The third kappa shape index (κ3) is 7.18. The Labute approximate surface area is 175 Å². The van der Waals surface area contributed by atoms with Crippen molar-refractivity contribution in [1.29, 1.82) is 0 Å². The Hall–Kier alpha value is -2.31. The molecule has 0 aliphatic rings. The molecule has 0 aliphatic carbocycles. The van der Waals surface area contributed by atoms with Gasteiger partial charge in [-0.15, -0.1) is 14.6 Å². The molecule has 0 saturated carbocycles. The smallest absolute Gasteiger partial charge is 0.397 e. The van der Waals surface area contributed by atoms with Crippen molar-refractivity contribution in [2.45, 2.75) is 9.79 Å². The Kier molecular flexibility index (Phi) is 8.10. The average molecular weight is 481 g/mol. The van der Waals surface area contributed by atoms with Crippen molar-refractivity contribution in [2.75, 3.05) is 18.1 Å². The Morgan fingerprint density at radius 3 is 2.33 bits per heavy atom. The summed E-state index contributed by atoms with van der Waals surface area (Å²) in [4.78, 5) is -0.223. The van der Waals surface area contributed by atoms with E-state index in [4.69, 9.17) is 15.5 Å². The third-order valence-electron chi connectivity index (χ3n) is 3.29. The molecule has 0 unspecified atom stereocenters. The van der Waals surface area contributed by atoms with E-state index in [1.807, 2.05) is 0 Å². The van der Waals surface area contributed by atoms with Gasteiger partial charge in [-0.3, -0.25) is 4.55 Å². The topological polar surface area (TPSA) is 207 Å². The summed E-state index contributed by atoms with van der Waals surface area (Å²) in [6.07, 6.45) is 0. The number of hydrogen-bond donors (Lipinski definition) is 4. The molecular formula is C14H15N3O10S3. The summed E-state index contributed by atoms with van der Waals surface area (Å²) in [7, 11) is -8.81. The number of nitrogens with zero attached hydrogens (tertiary/aromatic N) is 2. The zero-order valence-corrected chi connectivity index (χ0v) is 17.2. The summed E-state index contributed by atoms with van der Waals surface area (Å²) in [5.41, 5.74) is 6.00. The summed E-state index contributed by atoms with van der Waals surface area (Å²) in [5, 5.41) is 29.4. The van der Waals surface area contributed by atoms with E-state index in [-0.39, 0.29) is 26.9 Å². The van der Waals surface area contributed by atoms with Gasteiger partial charge in [-0.1, -0.05) is 5.04 Å². The third-order valence-corrected chi connectivity index (χ3v) is 6.07. The minimum Gasteiger partial charge on any atom is -0.506 e. The number of nitrogens with two attached hydrogens (primary N) is 1. The maximum Gasteiger partial charge on any atom is 0.397 e. The Morgan fingerprint density at radius 1 is 1.03 bits per heavy atom. The van der Waals surface area contributed by atoms with Crippen LogP contribution in [0.5, 0.6) is 5.75 Å². The molecule has 0 atom stereocenters. The van der Waals surface area contributed by atoms with E-state index in [0.717, 1.165) is 12.1 Å². The highest BCUT2D eigenvalue weighted by molar-refractivity contribution is 7.95. The molecule has 2 aromatic carbocycles. The van der Waals surface area contributed by atoms with Gasteiger partial charge >= 0.3 is 10.4 Å². The van der Waals surface area contributed by atoms with Gasteiger partial charge in [-0.05, 0) is 30.3 Å². The molecule has 16 heteroatoms. The molecule has 0 aliphatic heterocycles. The van der Waals surface area contributed by atoms with Crippen LogP contribution in [0.3, 0.4) is 0 Å². The van der Waals surface area contributed by atoms with Crippen LogP contribution in [0.4, 0.5) is 17.1 Å². The SMILES string of the molecule is Nc1ccc(/N=N/c2ccc(S(=O)(=O)CCOS(=O)(=O)O)cc2SOOO)c(O)c1. The van der Waals surface area contributed by atoms with Crippen LogP contribution in [0.25, 0.3) is 0 Å². The molecule has 13 nitrogen and oxygen atoms in total. The number of hydrogen-bond acceptors (Lipinski definition) is 13. The molecular weight excluding hydrogens is 466 g/mol. The molecule has 164 valence electrons. The van der Waals surface area contributed by atoms with Gasteiger partial charge in [0.05, 0.1) is 34.2 Å². The molecule has 0 aromatic heterocycles. The first-order chi connectivity index (χ1) is 14.0. The zero-order valence-electron chi connectivity index (χ0n) is 14.8. The number of azo groups is 1. The lowest BCUT2D eigenvalue weighted by molar-refractivity contribution is -0.432. The number of aromatic hydroxyl groups is 1. The molecule has 0 heterocycles. The second kappa shape index (κ2) is 10.1. The minimum absolute atomic E-state index is 0.0412. The molecule has 0 bridgehead atoms. The van der Waals surface area contributed by atoms with E-state index < -0.39 is 32.6 Å². The fourth-order valence-electron chi connectivity index (χ4n) is 1.99. The predicted molar refractivity (Wildman–Crippen MR) is 103 cm³/mol. The quantitative estimate of drug-likeness (QED) is 0.0963. The van der Waals surface area contributed by atoms with E-state index in [0.29, 0.717) is 17.7 Å². The number of phenols is 1. The van der Waals surface area contributed by atoms with Crippen LogP contribution in [0.2, 0.25) is 0 Å². The molecule has 0 saturated heterocycles. The molecule has 2 rings (SSSR count). The zero-order chi connectivity index (χ0) is 22.4. The van der Waals surface area contributed by atoms with Crippen LogP contribution < -0.4 is 5.73 Å². The van der Waals surface area contributed by atoms with Crippen LogP contribution in [0.15, 0.2) is 56.4 Å². The summed E-state index contributed by atoms with van der Waals surface area (Å²) in [5.74, 6) is -0.991. The highest BCUT2D eigenvalue weighted by Gasteiger charge is 2.19. The van der Waals surface area contributed by atoms with Crippen LogP contribution in [0.1, 0.15) is 0 Å². The lowest BCUT2D eigenvalue weighted by Gasteiger charge is -2.08. The Balaban J connectivity index is 2.30. The van der Waals surface area contributed by atoms with Gasteiger partial charge in [0.15, 0.2) is 9.84 Å². The van der Waals surface area contributed by atoms with Gasteiger partial charge in [0.25, 0.3) is 0 Å². The fourth-order valence-corrected chi connectivity index (χ4v) is 4.05. The maximum absolute atomic E-state index is 12.3. The number of sulfone groups is 1. The number of phenolic OH excluding ortho intramolecular Hbond substituents is 1. The Morgan fingerprint density at radius 2 is 1.70 bits per heavy atom. The summed E-state index contributed by atoms with van der Waals surface area (Å²) in [6, 6.07) is 7.65. The number of nitrogen functional groups attached to an aromatic ring is 1. The van der Waals surface area contributed by atoms with Gasteiger partial charge in [-0.25, -0.2) is 17.9 Å². The molecule has 30 heavy (non-hydrogen) atoms. The number of rotatable bonds is 10. The standard InChI is InChI=1S/C14H15N3O10S3/c15-9-1-3-11(13(18)7-9)16-17-12-4-2-10(8-14(12)28-27-26-19)29(20,21)6-5-25-30(22,23)24/h1-4,7-8,18-19H,5-6,15H2,(H,22,23,24)/b17-16+. The van der Waals surface area contributed by atoms with E-state index >= 15 is 0 Å². The summed E-state index contributed by atoms with van der Waals surface area (Å²) < 4.78 is 62.6. The van der Waals surface area contributed by atoms with E-state index in [9.17, 15) is 21.9 Å². The van der Waals surface area contributed by atoms with Crippen molar-refractivity contribution in [3.05, 3.63) is 36.4 Å². The van der Waals surface area contributed by atoms with Gasteiger partial charge < -0.3 is 10.8 Å². The van der Waals surface area contributed by atoms with E-state index in [1.54, 1.807) is 0 Å². The van der Waals surface area contributed by atoms with Gasteiger partial charge in [0, 0.05) is 11.8 Å². The van der Waals surface area contributed by atoms with E-state index in [1.165, 1.54) is 24.3 Å². The second-order valence-electron chi connectivity index (χ2n) is 5.37. The Bertz CT molecular complexity index is 1140. The van der Waals surface area contributed by atoms with Crippen LogP contribution in [0, 0.1) is 0 Å². The van der Waals surface area contributed by atoms with Crippen LogP contribution >= 0.6 is 12.0 Å². The molecule has 0 radical (unpaired) electrons. The van der Waals surface area contributed by atoms with Crippen molar-refractivity contribution < 1.29 is 45.3 Å². The highest BCUT2D eigenvalue weighted by Crippen LogP contribution is 2.35. The average Bonchev–Trinajstić information content (AvgIpc) is 2.64. The van der Waals surface area contributed by atoms with Crippen molar-refractivity contribution >= 4 is 49.3 Å². The normalized spacial score (nSPS) is 12.5. The predicted octanol–water partition coefficient (Wildman–Crippen LogP) is 2.41. The van der Waals surface area contributed by atoms with Crippen LogP contribution in [-0.2, 0) is 33.8 Å². The second-order valence-corrected chi connectivity index (χ2v) is 9.32. The number of benzene rings is 2.